The van der Waals surface area contributed by atoms with Gasteiger partial charge in [0.2, 0.25) is 0 Å². The molecule has 0 aliphatic heterocycles. The molecule has 0 saturated carbocycles. The summed E-state index contributed by atoms with van der Waals surface area (Å²) in [5, 5.41) is 0. The molecule has 0 fully saturated rings. The summed E-state index contributed by atoms with van der Waals surface area (Å²) in [6.07, 6.45) is 30.5. The molecule has 6 heterocycles. The van der Waals surface area contributed by atoms with Crippen LogP contribution in [0.5, 0.6) is 0 Å². The zero-order valence-electron chi connectivity index (χ0n) is 18.5. The quantitative estimate of drug-likeness (QED) is 0.0980. The van der Waals surface area contributed by atoms with E-state index < -0.39 is 7.82 Å². The number of aromatic amines is 6. The van der Waals surface area contributed by atoms with Crippen LogP contribution in [0.2, 0.25) is 0 Å². The van der Waals surface area contributed by atoms with E-state index in [1.807, 2.05) is 0 Å². The smallest absolute Gasteiger partial charge is 0.790 e. The molecule has 0 spiro atoms. The van der Waals surface area contributed by atoms with Gasteiger partial charge in [-0.05, 0) is 0 Å². The first kappa shape index (κ1) is 34.0. The van der Waals surface area contributed by atoms with E-state index >= 15 is 0 Å². The number of nitrogens with zero attached hydrogens (tertiary/aromatic N) is 6. The van der Waals surface area contributed by atoms with Crippen molar-refractivity contribution in [3.63, 3.8) is 0 Å². The molecule has 7 N–H and O–H groups in total. The van der Waals surface area contributed by atoms with E-state index in [-0.39, 0.29) is 16.5 Å². The molecule has 18 heteroatoms. The maximum absolute atomic E-state index is 8.66. The molecule has 0 atom stereocenters. The Bertz CT molecular complexity index is 739. The minimum absolute atomic E-state index is 0. The van der Waals surface area contributed by atoms with Crippen molar-refractivity contribution in [2.24, 2.45) is 0 Å². The Labute approximate surface area is 215 Å². The predicted molar refractivity (Wildman–Crippen MR) is 121 cm³/mol. The second-order valence-corrected chi connectivity index (χ2v) is 5.97. The van der Waals surface area contributed by atoms with Gasteiger partial charge < -0.3 is 49.1 Å². The Balaban J connectivity index is 0. The minimum Gasteiger partial charge on any atom is -0.790 e. The SMILES string of the molecule is O=P([O-])([O-])O.[Ni+2].c1c[nH]cn1.c1c[nH]cn1.c1c[nH]cn1.c1c[nH]cn1.c1c[nH]cn1.c1c[nH]cn1. The van der Waals surface area contributed by atoms with E-state index in [2.05, 4.69) is 59.8 Å². The number of phosphoric acid groups is 1. The van der Waals surface area contributed by atoms with Crippen LogP contribution < -0.4 is 9.79 Å². The van der Waals surface area contributed by atoms with Gasteiger partial charge in [0.25, 0.3) is 0 Å². The van der Waals surface area contributed by atoms with Gasteiger partial charge in [-0.3, -0.25) is 0 Å². The summed E-state index contributed by atoms with van der Waals surface area (Å²) in [4.78, 5) is 62.8. The molecule has 0 unspecified atom stereocenters. The summed E-state index contributed by atoms with van der Waals surface area (Å²) in [6.45, 7) is 0. The second kappa shape index (κ2) is 27.1. The molecule has 0 bridgehead atoms. The molecule has 16 nitrogen and oxygen atoms in total. The number of imidazole rings is 6. The van der Waals surface area contributed by atoms with Crippen LogP contribution >= 0.6 is 7.82 Å². The molecule has 36 heavy (non-hydrogen) atoms. The number of rotatable bonds is 0. The molecule has 0 aromatic carbocycles. The third-order valence-corrected chi connectivity index (χ3v) is 2.44. The Hall–Kier alpha value is -4.14. The summed E-state index contributed by atoms with van der Waals surface area (Å²) in [5.74, 6) is 0. The largest absolute Gasteiger partial charge is 2.00 e. The van der Waals surface area contributed by atoms with Crippen molar-refractivity contribution in [2.75, 3.05) is 0 Å². The van der Waals surface area contributed by atoms with Crippen molar-refractivity contribution in [3.05, 3.63) is 112 Å². The summed E-state index contributed by atoms with van der Waals surface area (Å²) in [7, 11) is -5.14. The summed E-state index contributed by atoms with van der Waals surface area (Å²) < 4.78 is 8.66. The Morgan fingerprint density at radius 1 is 0.472 bits per heavy atom. The standard InChI is InChI=1S/6C3H4N2.Ni.H3O4P/c6*1-2-5-3-4-1;;1-5(2,3)4/h6*1-3H,(H,4,5);;(H3,1,2,3,4)/q;;;;;;+2;/p-2. The normalized spacial score (nSPS) is 8.31. The van der Waals surface area contributed by atoms with Gasteiger partial charge in [-0.2, -0.15) is 0 Å². The van der Waals surface area contributed by atoms with Gasteiger partial charge in [0.05, 0.1) is 45.8 Å². The van der Waals surface area contributed by atoms with Crippen LogP contribution in [0.1, 0.15) is 0 Å². The van der Waals surface area contributed by atoms with Crippen LogP contribution in [0, 0.1) is 0 Å². The molecule has 0 aliphatic carbocycles. The van der Waals surface area contributed by atoms with Gasteiger partial charge in [-0.1, -0.05) is 0 Å². The van der Waals surface area contributed by atoms with Crippen LogP contribution in [0.3, 0.4) is 0 Å². The van der Waals surface area contributed by atoms with E-state index in [1.165, 1.54) is 0 Å². The third kappa shape index (κ3) is 37.2. The topological polar surface area (TPSA) is 256 Å². The first-order valence-electron chi connectivity index (χ1n) is 9.31. The molecular weight excluding hydrogens is 538 g/mol. The zero-order valence-corrected chi connectivity index (χ0v) is 20.4. The summed E-state index contributed by atoms with van der Waals surface area (Å²) in [6, 6.07) is 0. The monoisotopic (exact) mass is 562 g/mol. The first-order chi connectivity index (χ1) is 17.0. The predicted octanol–water partition coefficient (Wildman–Crippen LogP) is 0.263. The van der Waals surface area contributed by atoms with Gasteiger partial charge in [0, 0.05) is 74.4 Å². The number of nitrogens with one attached hydrogen (secondary N) is 6. The Kier molecular flexibility index (Phi) is 25.6. The fourth-order valence-electron chi connectivity index (χ4n) is 1.29. The van der Waals surface area contributed by atoms with Crippen LogP contribution in [0.25, 0.3) is 0 Å². The van der Waals surface area contributed by atoms with Gasteiger partial charge in [0.1, 0.15) is 0 Å². The molecule has 0 radical (unpaired) electrons. The van der Waals surface area contributed by atoms with Crippen molar-refractivity contribution in [1.29, 1.82) is 0 Å². The maximum atomic E-state index is 8.66. The van der Waals surface area contributed by atoms with Crippen molar-refractivity contribution in [2.45, 2.75) is 0 Å². The fourth-order valence-corrected chi connectivity index (χ4v) is 1.29. The molecule has 0 aliphatic rings. The van der Waals surface area contributed by atoms with E-state index in [0.29, 0.717) is 0 Å². The Morgan fingerprint density at radius 3 is 0.639 bits per heavy atom. The fraction of sp³-hybridized carbons (Fsp3) is 0. The second-order valence-electron chi connectivity index (χ2n) is 5.03. The van der Waals surface area contributed by atoms with E-state index in [9.17, 15) is 0 Å². The Morgan fingerprint density at radius 2 is 0.611 bits per heavy atom. The first-order valence-corrected chi connectivity index (χ1v) is 10.8. The number of aromatic nitrogens is 12. The van der Waals surface area contributed by atoms with Crippen LogP contribution in [-0.2, 0) is 21.1 Å². The molecule has 6 aromatic heterocycles. The summed E-state index contributed by atoms with van der Waals surface area (Å²) >= 11 is 0. The molecule has 6 aromatic rings. The molecule has 196 valence electrons. The molecule has 0 amide bonds. The minimum atomic E-state index is -5.14. The van der Waals surface area contributed by atoms with Gasteiger partial charge in [0.15, 0.2) is 0 Å². The molecule has 0 saturated heterocycles. The third-order valence-electron chi connectivity index (χ3n) is 2.44. The van der Waals surface area contributed by atoms with Gasteiger partial charge in [-0.15, -0.1) is 0 Å². The van der Waals surface area contributed by atoms with Crippen molar-refractivity contribution in [3.8, 4) is 0 Å². The number of hydrogen-bond donors (Lipinski definition) is 7. The van der Waals surface area contributed by atoms with Crippen molar-refractivity contribution < 1.29 is 35.7 Å². The van der Waals surface area contributed by atoms with Gasteiger partial charge >= 0.3 is 16.5 Å². The van der Waals surface area contributed by atoms with Crippen LogP contribution in [0.15, 0.2) is 112 Å². The average molecular weight is 563 g/mol. The van der Waals surface area contributed by atoms with E-state index in [0.717, 1.165) is 0 Å². The van der Waals surface area contributed by atoms with Crippen molar-refractivity contribution in [1.82, 2.24) is 59.8 Å². The number of H-pyrrole nitrogens is 6. The van der Waals surface area contributed by atoms with E-state index in [1.54, 1.807) is 112 Å². The molecular formula is C18H25N12NiO4P. The maximum Gasteiger partial charge on any atom is 2.00 e. The van der Waals surface area contributed by atoms with Crippen LogP contribution in [-0.4, -0.2) is 64.7 Å². The number of hydrogen-bond acceptors (Lipinski definition) is 9. The molecule has 6 rings (SSSR count). The van der Waals surface area contributed by atoms with Crippen LogP contribution in [0.4, 0.5) is 0 Å². The van der Waals surface area contributed by atoms with Crippen molar-refractivity contribution >= 4 is 7.82 Å². The van der Waals surface area contributed by atoms with E-state index in [4.69, 9.17) is 19.2 Å². The average Bonchev–Trinajstić information content (AvgIpc) is 3.75. The zero-order chi connectivity index (χ0) is 25.7. The summed E-state index contributed by atoms with van der Waals surface area (Å²) in [5.41, 5.74) is 0. The van der Waals surface area contributed by atoms with Gasteiger partial charge in [-0.25, -0.2) is 29.9 Å².